The molecular weight excluding hydrogens is 203 g/mol. The Kier molecular flexibility index (Phi) is 3.79. The van der Waals surface area contributed by atoms with Crippen LogP contribution in [-0.2, 0) is 0 Å². The van der Waals surface area contributed by atoms with Gasteiger partial charge in [-0.25, -0.2) is 0 Å². The van der Waals surface area contributed by atoms with Gasteiger partial charge in [0, 0.05) is 12.1 Å². The Labute approximate surface area is 79.9 Å². The molecule has 66 valence electrons. The molecule has 0 atom stereocenters. The zero-order valence-corrected chi connectivity index (χ0v) is 7.43. The lowest BCUT2D eigenvalue weighted by atomic mass is 10.3. The highest BCUT2D eigenvalue weighted by molar-refractivity contribution is 6.33. The molecule has 1 aromatic rings. The number of benzene rings is 1. The first-order valence-electron chi connectivity index (χ1n) is 2.80. The van der Waals surface area contributed by atoms with Gasteiger partial charge < -0.3 is 5.73 Å². The number of nitrogens with two attached hydrogens (primary N) is 1. The van der Waals surface area contributed by atoms with Crippen LogP contribution in [0.2, 0.25) is 5.02 Å². The van der Waals surface area contributed by atoms with Gasteiger partial charge in [0.25, 0.3) is 5.69 Å². The van der Waals surface area contributed by atoms with E-state index in [1.807, 2.05) is 0 Å². The molecule has 0 heterocycles. The molecule has 0 spiro atoms. The summed E-state index contributed by atoms with van der Waals surface area (Å²) in [6.07, 6.45) is 0. The van der Waals surface area contributed by atoms with Crippen LogP contribution in [-0.4, -0.2) is 4.92 Å². The van der Waals surface area contributed by atoms with Crippen LogP contribution in [0.3, 0.4) is 0 Å². The molecule has 4 nitrogen and oxygen atoms in total. The number of hydrogen-bond donors (Lipinski definition) is 1. The monoisotopic (exact) mass is 208 g/mol. The Balaban J connectivity index is 0.00000121. The SMILES string of the molecule is Cl.Nc1cc([N+](=O)[O-])ccc1Cl. The summed E-state index contributed by atoms with van der Waals surface area (Å²) in [4.78, 5) is 9.65. The fourth-order valence-electron chi connectivity index (χ4n) is 0.645. The maximum atomic E-state index is 10.2. The zero-order chi connectivity index (χ0) is 8.43. The summed E-state index contributed by atoms with van der Waals surface area (Å²) in [6, 6.07) is 3.93. The molecule has 0 amide bonds. The third-order valence-corrected chi connectivity index (χ3v) is 1.53. The van der Waals surface area contributed by atoms with E-state index in [2.05, 4.69) is 0 Å². The van der Waals surface area contributed by atoms with E-state index in [0.29, 0.717) is 5.02 Å². The van der Waals surface area contributed by atoms with Gasteiger partial charge in [0.15, 0.2) is 0 Å². The Morgan fingerprint density at radius 3 is 2.50 bits per heavy atom. The van der Waals surface area contributed by atoms with E-state index in [-0.39, 0.29) is 23.8 Å². The van der Waals surface area contributed by atoms with E-state index in [0.717, 1.165) is 0 Å². The van der Waals surface area contributed by atoms with E-state index in [1.54, 1.807) is 0 Å². The number of nitro benzene ring substituents is 1. The summed E-state index contributed by atoms with van der Waals surface area (Å²) >= 11 is 5.54. The Bertz CT molecular complexity index is 304. The van der Waals surface area contributed by atoms with Crippen molar-refractivity contribution in [2.75, 3.05) is 5.73 Å². The zero-order valence-electron chi connectivity index (χ0n) is 5.86. The fourth-order valence-corrected chi connectivity index (χ4v) is 0.762. The highest BCUT2D eigenvalue weighted by Crippen LogP contribution is 2.23. The second-order valence-corrected chi connectivity index (χ2v) is 2.37. The molecule has 0 aliphatic heterocycles. The Morgan fingerprint density at radius 2 is 2.08 bits per heavy atom. The van der Waals surface area contributed by atoms with Gasteiger partial charge >= 0.3 is 0 Å². The average Bonchev–Trinajstić information content (AvgIpc) is 1.94. The minimum Gasteiger partial charge on any atom is -0.397 e. The summed E-state index contributed by atoms with van der Waals surface area (Å²) in [5.41, 5.74) is 5.50. The van der Waals surface area contributed by atoms with Gasteiger partial charge in [-0.2, -0.15) is 0 Å². The third kappa shape index (κ3) is 2.25. The lowest BCUT2D eigenvalue weighted by molar-refractivity contribution is -0.384. The quantitative estimate of drug-likeness (QED) is 0.438. The van der Waals surface area contributed by atoms with Gasteiger partial charge in [-0.15, -0.1) is 12.4 Å². The predicted molar refractivity (Wildman–Crippen MR) is 49.8 cm³/mol. The lowest BCUT2D eigenvalue weighted by Crippen LogP contribution is -1.91. The van der Waals surface area contributed by atoms with Gasteiger partial charge in [0.05, 0.1) is 15.6 Å². The van der Waals surface area contributed by atoms with Crippen LogP contribution in [0.5, 0.6) is 0 Å². The van der Waals surface area contributed by atoms with Crippen molar-refractivity contribution < 1.29 is 4.92 Å². The van der Waals surface area contributed by atoms with E-state index < -0.39 is 4.92 Å². The maximum absolute atomic E-state index is 10.2. The molecule has 0 fully saturated rings. The van der Waals surface area contributed by atoms with E-state index in [1.165, 1.54) is 18.2 Å². The van der Waals surface area contributed by atoms with Gasteiger partial charge in [0.1, 0.15) is 0 Å². The minimum atomic E-state index is -0.521. The van der Waals surface area contributed by atoms with Crippen molar-refractivity contribution in [3.63, 3.8) is 0 Å². The summed E-state index contributed by atoms with van der Waals surface area (Å²) in [6.45, 7) is 0. The maximum Gasteiger partial charge on any atom is 0.271 e. The van der Waals surface area contributed by atoms with Crippen LogP contribution >= 0.6 is 24.0 Å². The first-order chi connectivity index (χ1) is 5.11. The molecule has 0 unspecified atom stereocenters. The summed E-state index contributed by atoms with van der Waals surface area (Å²) in [5, 5.41) is 10.5. The minimum absolute atomic E-state index is 0. The molecule has 0 aliphatic rings. The lowest BCUT2D eigenvalue weighted by Gasteiger charge is -1.95. The smallest absolute Gasteiger partial charge is 0.271 e. The first kappa shape index (κ1) is 11.0. The topological polar surface area (TPSA) is 69.2 Å². The first-order valence-corrected chi connectivity index (χ1v) is 3.18. The van der Waals surface area contributed by atoms with Gasteiger partial charge in [-0.05, 0) is 6.07 Å². The average molecular weight is 209 g/mol. The number of nitrogen functional groups attached to an aromatic ring is 1. The van der Waals surface area contributed by atoms with Crippen LogP contribution in [0.4, 0.5) is 11.4 Å². The van der Waals surface area contributed by atoms with Crippen LogP contribution < -0.4 is 5.73 Å². The van der Waals surface area contributed by atoms with Crippen molar-refractivity contribution in [2.24, 2.45) is 0 Å². The Morgan fingerprint density at radius 1 is 1.50 bits per heavy atom. The molecule has 1 rings (SSSR count). The van der Waals surface area contributed by atoms with Gasteiger partial charge in [0.2, 0.25) is 0 Å². The van der Waals surface area contributed by atoms with Crippen molar-refractivity contribution in [1.82, 2.24) is 0 Å². The molecule has 0 bridgehead atoms. The van der Waals surface area contributed by atoms with Crippen molar-refractivity contribution >= 4 is 35.4 Å². The van der Waals surface area contributed by atoms with E-state index in [4.69, 9.17) is 17.3 Å². The van der Waals surface area contributed by atoms with Crippen molar-refractivity contribution in [3.8, 4) is 0 Å². The molecule has 12 heavy (non-hydrogen) atoms. The molecule has 6 heteroatoms. The second kappa shape index (κ2) is 4.13. The van der Waals surface area contributed by atoms with Crippen LogP contribution in [0.1, 0.15) is 0 Å². The standard InChI is InChI=1S/C6H5ClN2O2.ClH/c7-5-2-1-4(9(10)11)3-6(5)8;/h1-3H,8H2;1H. The van der Waals surface area contributed by atoms with E-state index in [9.17, 15) is 10.1 Å². The van der Waals surface area contributed by atoms with Crippen molar-refractivity contribution in [1.29, 1.82) is 0 Å². The molecule has 0 saturated heterocycles. The number of nitro groups is 1. The van der Waals surface area contributed by atoms with E-state index >= 15 is 0 Å². The van der Waals surface area contributed by atoms with Crippen LogP contribution in [0.15, 0.2) is 18.2 Å². The number of halogens is 2. The largest absolute Gasteiger partial charge is 0.397 e. The highest BCUT2D eigenvalue weighted by Gasteiger charge is 2.06. The predicted octanol–water partition coefficient (Wildman–Crippen LogP) is 2.25. The van der Waals surface area contributed by atoms with Gasteiger partial charge in [-0.1, -0.05) is 11.6 Å². The van der Waals surface area contributed by atoms with Crippen molar-refractivity contribution in [3.05, 3.63) is 33.3 Å². The highest BCUT2D eigenvalue weighted by atomic mass is 35.5. The summed E-state index contributed by atoms with van der Waals surface area (Å²) < 4.78 is 0. The number of hydrogen-bond acceptors (Lipinski definition) is 3. The van der Waals surface area contributed by atoms with Crippen LogP contribution in [0.25, 0.3) is 0 Å². The fraction of sp³-hybridized carbons (Fsp3) is 0. The Hall–Kier alpha value is -1.000. The summed E-state index contributed by atoms with van der Waals surface area (Å²) in [7, 11) is 0. The second-order valence-electron chi connectivity index (χ2n) is 1.96. The van der Waals surface area contributed by atoms with Crippen LogP contribution in [0, 0.1) is 10.1 Å². The number of non-ortho nitro benzene ring substituents is 1. The molecule has 0 aliphatic carbocycles. The molecular formula is C6H6Cl2N2O2. The van der Waals surface area contributed by atoms with Gasteiger partial charge in [-0.3, -0.25) is 10.1 Å². The van der Waals surface area contributed by atoms with Crippen molar-refractivity contribution in [2.45, 2.75) is 0 Å². The normalized spacial score (nSPS) is 8.75. The number of anilines is 1. The number of rotatable bonds is 1. The molecule has 2 N–H and O–H groups in total. The number of nitrogens with zero attached hydrogens (tertiary/aromatic N) is 1. The molecule has 0 radical (unpaired) electrons. The summed E-state index contributed by atoms with van der Waals surface area (Å²) in [5.74, 6) is 0. The molecule has 0 aromatic heterocycles. The molecule has 1 aromatic carbocycles. The third-order valence-electron chi connectivity index (χ3n) is 1.19. The molecule has 0 saturated carbocycles.